The van der Waals surface area contributed by atoms with E-state index in [1.54, 1.807) is 0 Å². The van der Waals surface area contributed by atoms with Crippen molar-refractivity contribution >= 4 is 0 Å². The van der Waals surface area contributed by atoms with Gasteiger partial charge in [0.25, 0.3) is 6.08 Å². The lowest BCUT2D eigenvalue weighted by Gasteiger charge is -2.35. The Hall–Kier alpha value is -2.04. The van der Waals surface area contributed by atoms with Crippen LogP contribution in [0.25, 0.3) is 0 Å². The second kappa shape index (κ2) is 8.18. The predicted molar refractivity (Wildman–Crippen MR) is 95.0 cm³/mol. The Morgan fingerprint density at radius 2 is 1.00 bits per heavy atom. The molecule has 0 aromatic heterocycles. The Kier molecular flexibility index (Phi) is 6.23. The molecule has 128 valence electrons. The normalized spacial score (nSPS) is 13.8. The van der Waals surface area contributed by atoms with Gasteiger partial charge in [-0.15, -0.1) is 0 Å². The number of hydrogen-bond acceptors (Lipinski definition) is 2. The lowest BCUT2D eigenvalue weighted by Crippen LogP contribution is -2.31. The third-order valence-corrected chi connectivity index (χ3v) is 4.07. The average Bonchev–Trinajstić information content (AvgIpc) is 2.55. The smallest absolute Gasteiger partial charge is 0.273 e. The molecule has 0 N–H and O–H groups in total. The number of hydrogen-bond donors (Lipinski definition) is 0. The van der Waals surface area contributed by atoms with Gasteiger partial charge in [0.15, 0.2) is 0 Å². The number of rotatable bonds is 6. The molecule has 0 radical (unpaired) electrons. The largest absolute Gasteiger partial charge is 0.299 e. The van der Waals surface area contributed by atoms with Gasteiger partial charge in [-0.25, -0.2) is 0 Å². The third kappa shape index (κ3) is 4.08. The van der Waals surface area contributed by atoms with Gasteiger partial charge in [0, 0.05) is 5.57 Å². The first kappa shape index (κ1) is 18.3. The van der Waals surface area contributed by atoms with Crippen LogP contribution in [0.5, 0.6) is 0 Å². The Morgan fingerprint density at radius 1 is 0.667 bits per heavy atom. The number of halogens is 2. The van der Waals surface area contributed by atoms with Gasteiger partial charge in [-0.05, 0) is 39.3 Å². The highest BCUT2D eigenvalue weighted by Crippen LogP contribution is 2.40. The molecule has 2 atom stereocenters. The van der Waals surface area contributed by atoms with Gasteiger partial charge in [0.05, 0.1) is 12.1 Å². The minimum absolute atomic E-state index is 0.113. The van der Waals surface area contributed by atoms with Crippen LogP contribution < -0.4 is 0 Å². The van der Waals surface area contributed by atoms with Gasteiger partial charge in [0.1, 0.15) is 0 Å². The van der Waals surface area contributed by atoms with E-state index < -0.39 is 18.2 Å². The molecule has 2 rings (SSSR count). The second-order valence-corrected chi connectivity index (χ2v) is 6.27. The Balaban J connectivity index is 2.60. The molecule has 2 unspecified atom stereocenters. The average molecular weight is 330 g/mol. The monoisotopic (exact) mass is 330 g/mol. The van der Waals surface area contributed by atoms with Crippen molar-refractivity contribution in [2.45, 2.75) is 12.1 Å². The fraction of sp³-hybridized carbons (Fsp3) is 0.300. The predicted octanol–water partition coefficient (Wildman–Crippen LogP) is 4.74. The second-order valence-electron chi connectivity index (χ2n) is 6.27. The van der Waals surface area contributed by atoms with Crippen molar-refractivity contribution in [3.05, 3.63) is 83.4 Å². The number of likely N-dealkylation sites (N-methyl/N-ethyl adjacent to an activating group) is 2. The van der Waals surface area contributed by atoms with Crippen LogP contribution in [-0.2, 0) is 0 Å². The van der Waals surface area contributed by atoms with Crippen LogP contribution in [-0.4, -0.2) is 38.0 Å². The Bertz CT molecular complexity index is 609. The summed E-state index contributed by atoms with van der Waals surface area (Å²) in [5.74, 6) is 0. The minimum atomic E-state index is -1.62. The van der Waals surface area contributed by atoms with Crippen molar-refractivity contribution in [2.75, 3.05) is 28.2 Å². The van der Waals surface area contributed by atoms with Crippen LogP contribution in [0.3, 0.4) is 0 Å². The van der Waals surface area contributed by atoms with Gasteiger partial charge < -0.3 is 0 Å². The minimum Gasteiger partial charge on any atom is -0.299 e. The van der Waals surface area contributed by atoms with Crippen LogP contribution >= 0.6 is 0 Å². The van der Waals surface area contributed by atoms with Gasteiger partial charge >= 0.3 is 0 Å². The molecule has 2 nitrogen and oxygen atoms in total. The first-order valence-corrected chi connectivity index (χ1v) is 7.91. The molecule has 0 saturated heterocycles. The molecular weight excluding hydrogens is 306 g/mol. The van der Waals surface area contributed by atoms with Gasteiger partial charge in [-0.2, -0.15) is 8.78 Å². The SMILES string of the molecule is CN(C)C(C(=C(F)F)C(c1ccccc1)N(C)C)c1ccccc1. The van der Waals surface area contributed by atoms with Crippen molar-refractivity contribution in [1.82, 2.24) is 9.80 Å². The molecule has 0 aliphatic heterocycles. The first-order chi connectivity index (χ1) is 11.4. The molecule has 0 aliphatic rings. The Labute approximate surface area is 143 Å². The first-order valence-electron chi connectivity index (χ1n) is 7.91. The summed E-state index contributed by atoms with van der Waals surface area (Å²) >= 11 is 0. The van der Waals surface area contributed by atoms with E-state index in [1.807, 2.05) is 98.7 Å². The fourth-order valence-corrected chi connectivity index (χ4v) is 3.14. The molecule has 4 heteroatoms. The van der Waals surface area contributed by atoms with Crippen LogP contribution in [0.2, 0.25) is 0 Å². The molecular formula is C20H24F2N2. The number of benzene rings is 2. The maximum Gasteiger partial charge on any atom is 0.273 e. The summed E-state index contributed by atoms with van der Waals surface area (Å²) in [6, 6.07) is 17.9. The lowest BCUT2D eigenvalue weighted by atomic mass is 9.88. The summed E-state index contributed by atoms with van der Waals surface area (Å²) in [6.07, 6.45) is -1.62. The van der Waals surface area contributed by atoms with Gasteiger partial charge in [-0.3, -0.25) is 9.80 Å². The summed E-state index contributed by atoms with van der Waals surface area (Å²) in [5.41, 5.74) is 1.82. The molecule has 2 aromatic carbocycles. The van der Waals surface area contributed by atoms with Crippen LogP contribution in [0.15, 0.2) is 72.3 Å². The summed E-state index contributed by atoms with van der Waals surface area (Å²) in [7, 11) is 7.33. The van der Waals surface area contributed by atoms with Crippen LogP contribution in [0, 0.1) is 0 Å². The standard InChI is InChI=1S/C20H24F2N2/c1-23(2)18(15-11-7-5-8-12-15)17(20(21)22)19(24(3)4)16-13-9-6-10-14-16/h5-14,18-19H,1-4H3. The highest BCUT2D eigenvalue weighted by Gasteiger charge is 2.32. The van der Waals surface area contributed by atoms with Crippen LogP contribution in [0.1, 0.15) is 23.2 Å². The van der Waals surface area contributed by atoms with E-state index in [1.165, 1.54) is 0 Å². The van der Waals surface area contributed by atoms with Crippen molar-refractivity contribution in [2.24, 2.45) is 0 Å². The Morgan fingerprint density at radius 3 is 1.25 bits per heavy atom. The van der Waals surface area contributed by atoms with Crippen molar-refractivity contribution in [3.63, 3.8) is 0 Å². The molecule has 2 aromatic rings. The van der Waals surface area contributed by atoms with E-state index >= 15 is 0 Å². The van der Waals surface area contributed by atoms with Crippen molar-refractivity contribution < 1.29 is 8.78 Å². The molecule has 0 saturated carbocycles. The van der Waals surface area contributed by atoms with Gasteiger partial charge in [0.2, 0.25) is 0 Å². The number of nitrogens with zero attached hydrogens (tertiary/aromatic N) is 2. The summed E-state index contributed by atoms with van der Waals surface area (Å²) in [6.45, 7) is 0. The van der Waals surface area contributed by atoms with Crippen LogP contribution in [0.4, 0.5) is 8.78 Å². The zero-order valence-electron chi connectivity index (χ0n) is 14.6. The zero-order chi connectivity index (χ0) is 17.7. The highest BCUT2D eigenvalue weighted by atomic mass is 19.3. The molecule has 0 spiro atoms. The molecule has 0 aliphatic carbocycles. The maximum atomic E-state index is 14.1. The quantitative estimate of drug-likeness (QED) is 0.754. The van der Waals surface area contributed by atoms with E-state index in [0.29, 0.717) is 0 Å². The fourth-order valence-electron chi connectivity index (χ4n) is 3.14. The summed E-state index contributed by atoms with van der Waals surface area (Å²) < 4.78 is 28.2. The third-order valence-electron chi connectivity index (χ3n) is 4.07. The molecule has 0 amide bonds. The molecule has 24 heavy (non-hydrogen) atoms. The lowest BCUT2D eigenvalue weighted by molar-refractivity contribution is 0.245. The van der Waals surface area contributed by atoms with Crippen molar-refractivity contribution in [3.8, 4) is 0 Å². The van der Waals surface area contributed by atoms with E-state index in [0.717, 1.165) is 11.1 Å². The zero-order valence-corrected chi connectivity index (χ0v) is 14.6. The summed E-state index contributed by atoms with van der Waals surface area (Å²) in [4.78, 5) is 3.67. The topological polar surface area (TPSA) is 6.48 Å². The molecule has 0 fully saturated rings. The van der Waals surface area contributed by atoms with E-state index in [-0.39, 0.29) is 5.57 Å². The van der Waals surface area contributed by atoms with E-state index in [9.17, 15) is 8.78 Å². The van der Waals surface area contributed by atoms with E-state index in [4.69, 9.17) is 0 Å². The van der Waals surface area contributed by atoms with Crippen molar-refractivity contribution in [1.29, 1.82) is 0 Å². The maximum absolute atomic E-state index is 14.1. The van der Waals surface area contributed by atoms with Gasteiger partial charge in [-0.1, -0.05) is 60.7 Å². The van der Waals surface area contributed by atoms with E-state index in [2.05, 4.69) is 0 Å². The summed E-state index contributed by atoms with van der Waals surface area (Å²) in [5, 5.41) is 0. The molecule has 0 bridgehead atoms. The highest BCUT2D eigenvalue weighted by molar-refractivity contribution is 5.36. The molecule has 0 heterocycles.